The van der Waals surface area contributed by atoms with Gasteiger partial charge in [0, 0.05) is 25.2 Å². The van der Waals surface area contributed by atoms with Gasteiger partial charge in [0.05, 0.1) is 12.0 Å². The van der Waals surface area contributed by atoms with Crippen molar-refractivity contribution in [1.29, 1.82) is 0 Å². The number of amides is 2. The Labute approximate surface area is 124 Å². The molecule has 0 saturated carbocycles. The molecule has 0 aromatic carbocycles. The molecular formula is C15H23N3O3. The summed E-state index contributed by atoms with van der Waals surface area (Å²) in [7, 11) is 2.15. The number of fused-ring (bicyclic) bond motifs is 2. The van der Waals surface area contributed by atoms with Crippen molar-refractivity contribution < 1.29 is 14.7 Å². The Kier molecular flexibility index (Phi) is 3.89. The van der Waals surface area contributed by atoms with E-state index in [1.165, 1.54) is 6.42 Å². The summed E-state index contributed by atoms with van der Waals surface area (Å²) in [6.45, 7) is 1.56. The summed E-state index contributed by atoms with van der Waals surface area (Å²) in [4.78, 5) is 27.6. The molecule has 4 atom stereocenters. The van der Waals surface area contributed by atoms with Crippen LogP contribution >= 0.6 is 0 Å². The lowest BCUT2D eigenvalue weighted by molar-refractivity contribution is -0.140. The van der Waals surface area contributed by atoms with Crippen LogP contribution in [0.25, 0.3) is 0 Å². The van der Waals surface area contributed by atoms with E-state index in [0.717, 1.165) is 25.9 Å². The highest BCUT2D eigenvalue weighted by Crippen LogP contribution is 2.28. The van der Waals surface area contributed by atoms with Crippen molar-refractivity contribution in [3.63, 3.8) is 0 Å². The number of carbonyl (C=O) groups is 2. The molecule has 21 heavy (non-hydrogen) atoms. The molecular weight excluding hydrogens is 270 g/mol. The molecule has 0 aromatic heterocycles. The van der Waals surface area contributed by atoms with Gasteiger partial charge in [0.15, 0.2) is 0 Å². The van der Waals surface area contributed by atoms with Crippen LogP contribution in [-0.2, 0) is 4.79 Å². The van der Waals surface area contributed by atoms with Crippen LogP contribution in [0.3, 0.4) is 0 Å². The van der Waals surface area contributed by atoms with Crippen LogP contribution < -0.4 is 5.32 Å². The largest absolute Gasteiger partial charge is 0.481 e. The van der Waals surface area contributed by atoms with Gasteiger partial charge in [-0.3, -0.25) is 9.69 Å². The minimum absolute atomic E-state index is 0.0587. The molecule has 6 heteroatoms. The number of hydrogen-bond donors (Lipinski definition) is 2. The molecule has 2 aliphatic heterocycles. The monoisotopic (exact) mass is 293 g/mol. The molecule has 6 nitrogen and oxygen atoms in total. The van der Waals surface area contributed by atoms with Crippen molar-refractivity contribution in [3.8, 4) is 0 Å². The number of likely N-dealkylation sites (tertiary alicyclic amines) is 1. The van der Waals surface area contributed by atoms with Crippen LogP contribution in [0, 0.1) is 5.92 Å². The first-order valence-electron chi connectivity index (χ1n) is 7.73. The van der Waals surface area contributed by atoms with Crippen molar-refractivity contribution in [2.24, 2.45) is 5.92 Å². The number of carboxylic acids is 1. The van der Waals surface area contributed by atoms with E-state index in [-0.39, 0.29) is 12.1 Å². The zero-order valence-electron chi connectivity index (χ0n) is 12.4. The van der Waals surface area contributed by atoms with E-state index in [9.17, 15) is 9.59 Å². The fourth-order valence-electron chi connectivity index (χ4n) is 3.73. The molecule has 3 aliphatic rings. The number of hydrogen-bond acceptors (Lipinski definition) is 3. The van der Waals surface area contributed by atoms with Gasteiger partial charge in [0.1, 0.15) is 0 Å². The number of urea groups is 1. The fourth-order valence-corrected chi connectivity index (χ4v) is 3.73. The lowest BCUT2D eigenvalue weighted by Crippen LogP contribution is -2.47. The lowest BCUT2D eigenvalue weighted by Gasteiger charge is -2.27. The normalized spacial score (nSPS) is 35.8. The van der Waals surface area contributed by atoms with E-state index in [0.29, 0.717) is 18.5 Å². The predicted octanol–water partition coefficient (Wildman–Crippen LogP) is 0.894. The van der Waals surface area contributed by atoms with Gasteiger partial charge in [0.2, 0.25) is 0 Å². The molecule has 2 heterocycles. The molecule has 1 aliphatic carbocycles. The topological polar surface area (TPSA) is 72.9 Å². The van der Waals surface area contributed by atoms with Gasteiger partial charge in [0.25, 0.3) is 0 Å². The average molecular weight is 293 g/mol. The molecule has 0 radical (unpaired) electrons. The number of nitrogens with one attached hydrogen (secondary N) is 1. The van der Waals surface area contributed by atoms with E-state index < -0.39 is 11.9 Å². The molecule has 0 spiro atoms. The van der Waals surface area contributed by atoms with Crippen LogP contribution in [0.4, 0.5) is 4.79 Å². The number of likely N-dealkylation sites (N-methyl/N-ethyl adjacent to an activating group) is 1. The van der Waals surface area contributed by atoms with E-state index >= 15 is 0 Å². The first-order valence-corrected chi connectivity index (χ1v) is 7.73. The van der Waals surface area contributed by atoms with Crippen molar-refractivity contribution in [1.82, 2.24) is 15.1 Å². The second-order valence-electron chi connectivity index (χ2n) is 6.41. The molecule has 116 valence electrons. The summed E-state index contributed by atoms with van der Waals surface area (Å²) in [5.74, 6) is -1.29. The minimum Gasteiger partial charge on any atom is -0.481 e. The highest BCUT2D eigenvalue weighted by atomic mass is 16.4. The maximum Gasteiger partial charge on any atom is 0.317 e. The summed E-state index contributed by atoms with van der Waals surface area (Å²) >= 11 is 0. The molecule has 2 N–H and O–H groups in total. The van der Waals surface area contributed by atoms with E-state index in [2.05, 4.69) is 17.3 Å². The highest BCUT2D eigenvalue weighted by molar-refractivity contribution is 5.76. The van der Waals surface area contributed by atoms with Gasteiger partial charge < -0.3 is 15.3 Å². The van der Waals surface area contributed by atoms with E-state index in [4.69, 9.17) is 5.11 Å². The molecule has 2 fully saturated rings. The predicted molar refractivity (Wildman–Crippen MR) is 78.0 cm³/mol. The number of aliphatic carboxylic acids is 1. The van der Waals surface area contributed by atoms with Gasteiger partial charge in [-0.05, 0) is 32.7 Å². The third kappa shape index (κ3) is 2.90. The van der Waals surface area contributed by atoms with Crippen LogP contribution in [-0.4, -0.2) is 65.2 Å². The van der Waals surface area contributed by atoms with E-state index in [1.54, 1.807) is 12.2 Å². The van der Waals surface area contributed by atoms with Gasteiger partial charge in [-0.1, -0.05) is 12.2 Å². The van der Waals surface area contributed by atoms with Crippen molar-refractivity contribution in [2.75, 3.05) is 20.1 Å². The summed E-state index contributed by atoms with van der Waals surface area (Å²) in [6, 6.07) is 0.859. The molecule has 2 bridgehead atoms. The fraction of sp³-hybridized carbons (Fsp3) is 0.733. The quantitative estimate of drug-likeness (QED) is 0.742. The maximum absolute atomic E-state index is 12.4. The number of carbonyl (C=O) groups excluding carboxylic acids is 1. The van der Waals surface area contributed by atoms with Crippen LogP contribution in [0.1, 0.15) is 25.7 Å². The van der Waals surface area contributed by atoms with Crippen LogP contribution in [0.2, 0.25) is 0 Å². The molecule has 2 saturated heterocycles. The molecule has 2 amide bonds. The SMILES string of the molecule is CN1C2CCC1CN(C(=O)NC1C=CC(C(=O)O)C1)CC2. The van der Waals surface area contributed by atoms with Gasteiger partial charge >= 0.3 is 12.0 Å². The Bertz CT molecular complexity index is 465. The molecule has 4 unspecified atom stereocenters. The third-order valence-electron chi connectivity index (χ3n) is 5.15. The Morgan fingerprint density at radius 3 is 2.67 bits per heavy atom. The average Bonchev–Trinajstić information content (AvgIpc) is 2.95. The standard InChI is InChI=1S/C15H23N3O3/c1-17-12-4-5-13(17)9-18(7-6-12)15(21)16-11-3-2-10(8-11)14(19)20/h2-3,10-13H,4-9H2,1H3,(H,16,21)(H,19,20). The van der Waals surface area contributed by atoms with Gasteiger partial charge in [-0.2, -0.15) is 0 Å². The highest BCUT2D eigenvalue weighted by Gasteiger charge is 2.36. The maximum atomic E-state index is 12.4. The molecule has 3 rings (SSSR count). The smallest absolute Gasteiger partial charge is 0.317 e. The van der Waals surface area contributed by atoms with E-state index in [1.807, 2.05) is 4.90 Å². The summed E-state index contributed by atoms with van der Waals surface area (Å²) in [6.07, 6.45) is 7.36. The van der Waals surface area contributed by atoms with Gasteiger partial charge in [-0.25, -0.2) is 4.79 Å². The first kappa shape index (κ1) is 14.4. The summed E-state index contributed by atoms with van der Waals surface area (Å²) < 4.78 is 0. The first-order chi connectivity index (χ1) is 10.0. The Balaban J connectivity index is 1.54. The zero-order chi connectivity index (χ0) is 15.0. The number of nitrogens with zero attached hydrogens (tertiary/aromatic N) is 2. The van der Waals surface area contributed by atoms with Crippen molar-refractivity contribution >= 4 is 12.0 Å². The second kappa shape index (κ2) is 5.67. The Morgan fingerprint density at radius 1 is 1.19 bits per heavy atom. The number of carboxylic acid groups (broad SMARTS) is 1. The zero-order valence-corrected chi connectivity index (χ0v) is 12.4. The van der Waals surface area contributed by atoms with Gasteiger partial charge in [-0.15, -0.1) is 0 Å². The summed E-state index contributed by atoms with van der Waals surface area (Å²) in [5, 5.41) is 11.9. The minimum atomic E-state index is -0.822. The third-order valence-corrected chi connectivity index (χ3v) is 5.15. The Morgan fingerprint density at radius 2 is 1.95 bits per heavy atom. The van der Waals surface area contributed by atoms with Crippen LogP contribution in [0.5, 0.6) is 0 Å². The van der Waals surface area contributed by atoms with Crippen LogP contribution in [0.15, 0.2) is 12.2 Å². The van der Waals surface area contributed by atoms with Crippen molar-refractivity contribution in [2.45, 2.75) is 43.8 Å². The molecule has 0 aromatic rings. The Hall–Kier alpha value is -1.56. The summed E-state index contributed by atoms with van der Waals surface area (Å²) in [5.41, 5.74) is 0. The number of rotatable bonds is 2. The van der Waals surface area contributed by atoms with Crippen molar-refractivity contribution in [3.05, 3.63) is 12.2 Å². The second-order valence-corrected chi connectivity index (χ2v) is 6.41. The lowest BCUT2D eigenvalue weighted by atomic mass is 10.1.